The van der Waals surface area contributed by atoms with Gasteiger partial charge >= 0.3 is 5.97 Å². The Labute approximate surface area is 117 Å². The molecule has 0 aliphatic rings. The number of ether oxygens (including phenoxy) is 1. The minimum absolute atomic E-state index is 0.294. The number of rotatable bonds is 4. The molecular formula is C16H16O4. The van der Waals surface area contributed by atoms with Crippen molar-refractivity contribution in [3.05, 3.63) is 48.0 Å². The molecule has 0 unspecified atom stereocenters. The van der Waals surface area contributed by atoms with E-state index in [9.17, 15) is 14.7 Å². The van der Waals surface area contributed by atoms with Crippen molar-refractivity contribution in [1.29, 1.82) is 0 Å². The smallest absolute Gasteiger partial charge is 0.338 e. The number of Topliss-reactive ketones (excluding diaryl/α,β-unsaturated/α-hetero) is 1. The molecule has 1 N–H and O–H groups in total. The fourth-order valence-electron chi connectivity index (χ4n) is 2.17. The maximum atomic E-state index is 12.3. The minimum Gasteiger partial charge on any atom is -0.467 e. The molecule has 0 fully saturated rings. The number of carbonyl (C=O) groups is 2. The Morgan fingerprint density at radius 2 is 1.80 bits per heavy atom. The lowest BCUT2D eigenvalue weighted by Crippen LogP contribution is -2.38. The van der Waals surface area contributed by atoms with Crippen molar-refractivity contribution in [3.8, 4) is 0 Å². The van der Waals surface area contributed by atoms with Crippen LogP contribution in [0.5, 0.6) is 0 Å². The summed E-state index contributed by atoms with van der Waals surface area (Å²) in [6, 6.07) is 12.9. The van der Waals surface area contributed by atoms with Gasteiger partial charge in [-0.2, -0.15) is 0 Å². The molecule has 1 atom stereocenters. The van der Waals surface area contributed by atoms with Crippen molar-refractivity contribution in [2.45, 2.75) is 18.9 Å². The van der Waals surface area contributed by atoms with Gasteiger partial charge in [-0.3, -0.25) is 4.79 Å². The van der Waals surface area contributed by atoms with Crippen molar-refractivity contribution in [2.75, 3.05) is 7.11 Å². The predicted molar refractivity (Wildman–Crippen MR) is 75.5 cm³/mol. The van der Waals surface area contributed by atoms with Gasteiger partial charge in [0.1, 0.15) is 0 Å². The van der Waals surface area contributed by atoms with Gasteiger partial charge in [-0.1, -0.05) is 42.5 Å². The summed E-state index contributed by atoms with van der Waals surface area (Å²) < 4.78 is 4.50. The number of aliphatic hydroxyl groups is 1. The highest BCUT2D eigenvalue weighted by Crippen LogP contribution is 2.22. The van der Waals surface area contributed by atoms with E-state index in [1.54, 1.807) is 12.1 Å². The van der Waals surface area contributed by atoms with Crippen LogP contribution in [0.15, 0.2) is 42.5 Å². The Morgan fingerprint density at radius 3 is 2.50 bits per heavy atom. The van der Waals surface area contributed by atoms with Gasteiger partial charge in [0.2, 0.25) is 0 Å². The molecule has 0 saturated heterocycles. The summed E-state index contributed by atoms with van der Waals surface area (Å²) in [6.45, 7) is 1.28. The van der Waals surface area contributed by atoms with Gasteiger partial charge < -0.3 is 9.84 Å². The molecule has 4 nitrogen and oxygen atoms in total. The van der Waals surface area contributed by atoms with Crippen molar-refractivity contribution in [2.24, 2.45) is 0 Å². The average molecular weight is 272 g/mol. The lowest BCUT2D eigenvalue weighted by atomic mass is 9.93. The number of hydrogen-bond donors (Lipinski definition) is 1. The molecule has 0 spiro atoms. The largest absolute Gasteiger partial charge is 0.467 e. The second-order valence-electron chi connectivity index (χ2n) is 4.89. The normalized spacial score (nSPS) is 13.8. The van der Waals surface area contributed by atoms with Crippen LogP contribution in [0.2, 0.25) is 0 Å². The number of benzene rings is 2. The number of ketones is 1. The number of carbonyl (C=O) groups excluding carboxylic acids is 2. The number of methoxy groups -OCH3 is 1. The monoisotopic (exact) mass is 272 g/mol. The molecule has 2 aromatic rings. The van der Waals surface area contributed by atoms with Crippen LogP contribution in [-0.2, 0) is 9.53 Å². The van der Waals surface area contributed by atoms with E-state index in [-0.39, 0.29) is 12.2 Å². The van der Waals surface area contributed by atoms with Crippen LogP contribution in [0.4, 0.5) is 0 Å². The van der Waals surface area contributed by atoms with E-state index in [0.717, 1.165) is 10.8 Å². The molecule has 0 amide bonds. The minimum atomic E-state index is -1.82. The third-order valence-electron chi connectivity index (χ3n) is 3.22. The molecule has 0 aliphatic carbocycles. The van der Waals surface area contributed by atoms with E-state index in [0.29, 0.717) is 5.56 Å². The Bertz CT molecular complexity index is 653. The van der Waals surface area contributed by atoms with E-state index in [1.807, 2.05) is 30.3 Å². The first-order valence-corrected chi connectivity index (χ1v) is 6.27. The maximum Gasteiger partial charge on any atom is 0.338 e. The van der Waals surface area contributed by atoms with Crippen LogP contribution < -0.4 is 0 Å². The van der Waals surface area contributed by atoms with E-state index < -0.39 is 11.6 Å². The first kappa shape index (κ1) is 14.2. The van der Waals surface area contributed by atoms with Crippen LogP contribution in [0.25, 0.3) is 10.8 Å². The lowest BCUT2D eigenvalue weighted by molar-refractivity contribution is -0.160. The van der Waals surface area contributed by atoms with Crippen molar-refractivity contribution in [1.82, 2.24) is 0 Å². The average Bonchev–Trinajstić information content (AvgIpc) is 2.45. The molecular weight excluding hydrogens is 256 g/mol. The highest BCUT2D eigenvalue weighted by Gasteiger charge is 2.34. The molecule has 104 valence electrons. The Hall–Kier alpha value is -2.20. The Balaban J connectivity index is 2.35. The van der Waals surface area contributed by atoms with Crippen molar-refractivity contribution in [3.63, 3.8) is 0 Å². The summed E-state index contributed by atoms with van der Waals surface area (Å²) in [5.41, 5.74) is -1.32. The zero-order valence-electron chi connectivity index (χ0n) is 11.4. The van der Waals surface area contributed by atoms with Crippen LogP contribution >= 0.6 is 0 Å². The van der Waals surface area contributed by atoms with E-state index in [2.05, 4.69) is 4.74 Å². The molecule has 0 saturated carbocycles. The van der Waals surface area contributed by atoms with Crippen LogP contribution in [0.3, 0.4) is 0 Å². The summed E-state index contributed by atoms with van der Waals surface area (Å²) in [7, 11) is 1.18. The van der Waals surface area contributed by atoms with Gasteiger partial charge in [-0.15, -0.1) is 0 Å². The standard InChI is InChI=1S/C16H16O4/c1-16(19,15(18)20-2)10-14(17)13-9-5-7-11-6-3-4-8-12(11)13/h3-9,19H,10H2,1-2H3/t16-/m1/s1. The molecule has 4 heteroatoms. The fraction of sp³-hybridized carbons (Fsp3) is 0.250. The highest BCUT2D eigenvalue weighted by molar-refractivity contribution is 6.09. The molecule has 0 bridgehead atoms. The van der Waals surface area contributed by atoms with Crippen LogP contribution in [0.1, 0.15) is 23.7 Å². The maximum absolute atomic E-state index is 12.3. The van der Waals surface area contributed by atoms with E-state index >= 15 is 0 Å². The molecule has 0 radical (unpaired) electrons. The van der Waals surface area contributed by atoms with Gasteiger partial charge in [-0.25, -0.2) is 4.79 Å². The summed E-state index contributed by atoms with van der Waals surface area (Å²) in [5, 5.41) is 11.7. The lowest BCUT2D eigenvalue weighted by Gasteiger charge is -2.19. The number of esters is 1. The predicted octanol–water partition coefficient (Wildman–Crippen LogP) is 2.34. The van der Waals surface area contributed by atoms with Crippen molar-refractivity contribution < 1.29 is 19.4 Å². The third kappa shape index (κ3) is 2.70. The molecule has 0 aromatic heterocycles. The molecule has 2 rings (SSSR count). The van der Waals surface area contributed by atoms with E-state index in [4.69, 9.17) is 0 Å². The van der Waals surface area contributed by atoms with Gasteiger partial charge in [0, 0.05) is 5.56 Å². The molecule has 2 aromatic carbocycles. The molecule has 20 heavy (non-hydrogen) atoms. The zero-order valence-corrected chi connectivity index (χ0v) is 11.4. The van der Waals surface area contributed by atoms with Crippen molar-refractivity contribution >= 4 is 22.5 Å². The topological polar surface area (TPSA) is 63.6 Å². The summed E-state index contributed by atoms with van der Waals surface area (Å²) in [4.78, 5) is 23.8. The van der Waals surface area contributed by atoms with Gasteiger partial charge in [-0.05, 0) is 17.7 Å². The summed E-state index contributed by atoms with van der Waals surface area (Å²) >= 11 is 0. The second kappa shape index (κ2) is 5.43. The zero-order chi connectivity index (χ0) is 14.8. The summed E-state index contributed by atoms with van der Waals surface area (Å²) in [5.74, 6) is -1.11. The van der Waals surface area contributed by atoms with Crippen LogP contribution in [-0.4, -0.2) is 29.6 Å². The first-order valence-electron chi connectivity index (χ1n) is 6.27. The quantitative estimate of drug-likeness (QED) is 0.685. The number of fused-ring (bicyclic) bond motifs is 1. The second-order valence-corrected chi connectivity index (χ2v) is 4.89. The van der Waals surface area contributed by atoms with Gasteiger partial charge in [0.25, 0.3) is 0 Å². The number of hydrogen-bond acceptors (Lipinski definition) is 4. The fourth-order valence-corrected chi connectivity index (χ4v) is 2.17. The Morgan fingerprint density at radius 1 is 1.15 bits per heavy atom. The summed E-state index contributed by atoms with van der Waals surface area (Å²) in [6.07, 6.45) is -0.312. The van der Waals surface area contributed by atoms with E-state index in [1.165, 1.54) is 14.0 Å². The third-order valence-corrected chi connectivity index (χ3v) is 3.22. The Kier molecular flexibility index (Phi) is 3.86. The van der Waals surface area contributed by atoms with Crippen LogP contribution in [0, 0.1) is 0 Å². The van der Waals surface area contributed by atoms with Gasteiger partial charge in [0.05, 0.1) is 13.5 Å². The highest BCUT2D eigenvalue weighted by atomic mass is 16.5. The molecule has 0 aliphatic heterocycles. The molecule has 0 heterocycles. The van der Waals surface area contributed by atoms with Gasteiger partial charge in [0.15, 0.2) is 11.4 Å². The SMILES string of the molecule is COC(=O)[C@](C)(O)CC(=O)c1cccc2ccccc12. The first-order chi connectivity index (χ1) is 9.45.